The second kappa shape index (κ2) is 10.1. The van der Waals surface area contributed by atoms with Gasteiger partial charge in [0.2, 0.25) is 0 Å². The molecule has 1 aromatic heterocycles. The summed E-state index contributed by atoms with van der Waals surface area (Å²) in [5, 5.41) is 14.0. The van der Waals surface area contributed by atoms with E-state index in [0.29, 0.717) is 5.56 Å². The van der Waals surface area contributed by atoms with Gasteiger partial charge < -0.3 is 0 Å². The molecule has 0 amide bonds. The van der Waals surface area contributed by atoms with Gasteiger partial charge in [-0.3, -0.25) is 4.57 Å². The fraction of sp³-hybridized carbons (Fsp3) is 0. The smallest absolute Gasteiger partial charge is 0.145 e. The number of aromatic nitrogens is 2. The van der Waals surface area contributed by atoms with Crippen LogP contribution in [0.2, 0.25) is 0 Å². The zero-order valence-electron chi connectivity index (χ0n) is 23.3. The van der Waals surface area contributed by atoms with Crippen LogP contribution in [0.3, 0.4) is 0 Å². The highest BCUT2D eigenvalue weighted by molar-refractivity contribution is 6.00. The molecule has 7 aromatic carbocycles. The molecule has 0 aliphatic heterocycles. The standard InChI is InChI=1S/C40H25N3/c41-26-27-13-15-30(16-14-27)36-10-6-7-29-19-21-32(25-37(29)36)31-20-17-28-18-22-33(24-34(28)23-31)40-42-38-11-4-5-12-39(38)43(40)35-8-2-1-3-9-35/h1-25H. The van der Waals surface area contributed by atoms with Crippen molar-refractivity contribution < 1.29 is 0 Å². The second-order valence-electron chi connectivity index (χ2n) is 10.8. The molecular weight excluding hydrogens is 522 g/mol. The largest absolute Gasteiger partial charge is 0.292 e. The molecule has 1 heterocycles. The van der Waals surface area contributed by atoms with Crippen LogP contribution in [0.15, 0.2) is 152 Å². The highest BCUT2D eigenvalue weighted by Crippen LogP contribution is 2.35. The Bertz CT molecular complexity index is 2340. The van der Waals surface area contributed by atoms with Gasteiger partial charge in [0.25, 0.3) is 0 Å². The van der Waals surface area contributed by atoms with Crippen LogP contribution in [0.25, 0.3) is 71.9 Å². The van der Waals surface area contributed by atoms with Gasteiger partial charge in [0.1, 0.15) is 5.82 Å². The van der Waals surface area contributed by atoms with Gasteiger partial charge >= 0.3 is 0 Å². The number of hydrogen-bond acceptors (Lipinski definition) is 2. The molecular formula is C40H25N3. The van der Waals surface area contributed by atoms with Crippen molar-refractivity contribution in [3.63, 3.8) is 0 Å². The van der Waals surface area contributed by atoms with Gasteiger partial charge in [-0.05, 0) is 98.4 Å². The summed E-state index contributed by atoms with van der Waals surface area (Å²) in [7, 11) is 0. The van der Waals surface area contributed by atoms with E-state index < -0.39 is 0 Å². The number of imidazole rings is 1. The number of nitrogens with zero attached hydrogens (tertiary/aromatic N) is 3. The molecule has 0 spiro atoms. The average Bonchev–Trinajstić information content (AvgIpc) is 3.47. The zero-order valence-corrected chi connectivity index (χ0v) is 23.3. The number of benzene rings is 7. The Morgan fingerprint density at radius 3 is 2.00 bits per heavy atom. The van der Waals surface area contributed by atoms with Gasteiger partial charge in [-0.25, -0.2) is 4.98 Å². The summed E-state index contributed by atoms with van der Waals surface area (Å²) < 4.78 is 2.24. The maximum atomic E-state index is 9.23. The minimum Gasteiger partial charge on any atom is -0.292 e. The van der Waals surface area contributed by atoms with E-state index in [1.54, 1.807) is 0 Å². The van der Waals surface area contributed by atoms with Crippen molar-refractivity contribution in [3.05, 3.63) is 157 Å². The maximum Gasteiger partial charge on any atom is 0.145 e. The van der Waals surface area contributed by atoms with E-state index in [0.717, 1.165) is 50.4 Å². The normalized spacial score (nSPS) is 11.2. The van der Waals surface area contributed by atoms with Crippen molar-refractivity contribution in [1.29, 1.82) is 5.26 Å². The van der Waals surface area contributed by atoms with E-state index in [4.69, 9.17) is 4.98 Å². The number of hydrogen-bond donors (Lipinski definition) is 0. The lowest BCUT2D eigenvalue weighted by Gasteiger charge is -2.12. The molecule has 0 atom stereocenters. The monoisotopic (exact) mass is 547 g/mol. The Balaban J connectivity index is 1.25. The number of para-hydroxylation sites is 3. The van der Waals surface area contributed by atoms with Crippen molar-refractivity contribution in [2.24, 2.45) is 0 Å². The Hall–Kier alpha value is -5.98. The molecule has 0 aliphatic carbocycles. The first-order valence-electron chi connectivity index (χ1n) is 14.4. The Labute approximate surface area is 249 Å². The van der Waals surface area contributed by atoms with E-state index >= 15 is 0 Å². The molecule has 0 bridgehead atoms. The van der Waals surface area contributed by atoms with Gasteiger partial charge in [0.15, 0.2) is 0 Å². The first-order chi connectivity index (χ1) is 21.2. The number of nitriles is 1. The molecule has 43 heavy (non-hydrogen) atoms. The molecule has 0 saturated heterocycles. The molecule has 3 heteroatoms. The molecule has 0 N–H and O–H groups in total. The first-order valence-corrected chi connectivity index (χ1v) is 14.4. The van der Waals surface area contributed by atoms with Crippen LogP contribution in [0, 0.1) is 11.3 Å². The quantitative estimate of drug-likeness (QED) is 0.220. The minimum atomic E-state index is 0.666. The predicted octanol–water partition coefficient (Wildman–Crippen LogP) is 10.2. The SMILES string of the molecule is N#Cc1ccc(-c2cccc3ccc(-c4ccc5ccc(-c6nc7ccccc7n6-c6ccccc6)cc5c4)cc23)cc1. The third-order valence-corrected chi connectivity index (χ3v) is 8.21. The number of rotatable bonds is 4. The molecule has 0 saturated carbocycles. The highest BCUT2D eigenvalue weighted by atomic mass is 15.1. The van der Waals surface area contributed by atoms with E-state index in [1.807, 2.05) is 36.4 Å². The molecule has 8 aromatic rings. The van der Waals surface area contributed by atoms with Gasteiger partial charge in [0, 0.05) is 11.3 Å². The second-order valence-corrected chi connectivity index (χ2v) is 10.8. The topological polar surface area (TPSA) is 41.6 Å². The third kappa shape index (κ3) is 4.34. The summed E-state index contributed by atoms with van der Waals surface area (Å²) in [6, 6.07) is 55.1. The van der Waals surface area contributed by atoms with Crippen molar-refractivity contribution in [2.45, 2.75) is 0 Å². The van der Waals surface area contributed by atoms with Gasteiger partial charge in [0.05, 0.1) is 22.7 Å². The van der Waals surface area contributed by atoms with Crippen LogP contribution in [-0.4, -0.2) is 9.55 Å². The van der Waals surface area contributed by atoms with Crippen LogP contribution in [-0.2, 0) is 0 Å². The maximum absolute atomic E-state index is 9.23. The highest BCUT2D eigenvalue weighted by Gasteiger charge is 2.15. The van der Waals surface area contributed by atoms with E-state index in [-0.39, 0.29) is 0 Å². The fourth-order valence-corrected chi connectivity index (χ4v) is 6.05. The van der Waals surface area contributed by atoms with Gasteiger partial charge in [-0.15, -0.1) is 0 Å². The fourth-order valence-electron chi connectivity index (χ4n) is 6.05. The third-order valence-electron chi connectivity index (χ3n) is 8.21. The van der Waals surface area contributed by atoms with E-state index in [2.05, 4.69) is 126 Å². The van der Waals surface area contributed by atoms with Gasteiger partial charge in [-0.1, -0.05) is 97.1 Å². The van der Waals surface area contributed by atoms with Crippen molar-refractivity contribution in [2.75, 3.05) is 0 Å². The lowest BCUT2D eigenvalue weighted by atomic mass is 9.93. The van der Waals surface area contributed by atoms with Crippen LogP contribution in [0.5, 0.6) is 0 Å². The summed E-state index contributed by atoms with van der Waals surface area (Å²) in [4.78, 5) is 5.08. The van der Waals surface area contributed by atoms with Crippen LogP contribution in [0.4, 0.5) is 0 Å². The lowest BCUT2D eigenvalue weighted by molar-refractivity contribution is 1.10. The predicted molar refractivity (Wildman–Crippen MR) is 177 cm³/mol. The van der Waals surface area contributed by atoms with Crippen LogP contribution < -0.4 is 0 Å². The molecule has 3 nitrogen and oxygen atoms in total. The Morgan fingerprint density at radius 2 is 1.19 bits per heavy atom. The van der Waals surface area contributed by atoms with Crippen molar-refractivity contribution in [3.8, 4) is 45.4 Å². The molecule has 0 aliphatic rings. The Kier molecular flexibility index (Phi) is 5.84. The van der Waals surface area contributed by atoms with Crippen molar-refractivity contribution in [1.82, 2.24) is 9.55 Å². The molecule has 200 valence electrons. The summed E-state index contributed by atoms with van der Waals surface area (Å²) in [6.45, 7) is 0. The Morgan fingerprint density at radius 1 is 0.512 bits per heavy atom. The summed E-state index contributed by atoms with van der Waals surface area (Å²) in [5.74, 6) is 0.928. The first kappa shape index (κ1) is 24.8. The van der Waals surface area contributed by atoms with Crippen LogP contribution in [0.1, 0.15) is 5.56 Å². The number of fused-ring (bicyclic) bond motifs is 3. The summed E-state index contributed by atoms with van der Waals surface area (Å²) >= 11 is 0. The van der Waals surface area contributed by atoms with Gasteiger partial charge in [-0.2, -0.15) is 5.26 Å². The zero-order chi connectivity index (χ0) is 28.8. The van der Waals surface area contributed by atoms with E-state index in [9.17, 15) is 5.26 Å². The average molecular weight is 548 g/mol. The molecule has 8 rings (SSSR count). The molecule has 0 unspecified atom stereocenters. The minimum absolute atomic E-state index is 0.666. The van der Waals surface area contributed by atoms with Crippen LogP contribution >= 0.6 is 0 Å². The summed E-state index contributed by atoms with van der Waals surface area (Å²) in [6.07, 6.45) is 0. The van der Waals surface area contributed by atoms with E-state index in [1.165, 1.54) is 21.5 Å². The molecule has 0 fully saturated rings. The lowest BCUT2D eigenvalue weighted by Crippen LogP contribution is -1.97. The molecule has 0 radical (unpaired) electrons. The summed E-state index contributed by atoms with van der Waals surface area (Å²) in [5.41, 5.74) is 9.49. The van der Waals surface area contributed by atoms with Crippen molar-refractivity contribution >= 4 is 32.6 Å².